The summed E-state index contributed by atoms with van der Waals surface area (Å²) in [5, 5.41) is 0. The first-order valence-corrected chi connectivity index (χ1v) is 7.59. The zero-order chi connectivity index (χ0) is 16.9. The Bertz CT molecular complexity index is 806. The molecule has 0 unspecified atom stereocenters. The summed E-state index contributed by atoms with van der Waals surface area (Å²) in [6.45, 7) is 2.52. The van der Waals surface area contributed by atoms with Gasteiger partial charge in [0, 0.05) is 5.56 Å². The van der Waals surface area contributed by atoms with Crippen LogP contribution in [0.2, 0.25) is 0 Å². The van der Waals surface area contributed by atoms with E-state index in [1.54, 1.807) is 13.2 Å². The molecule has 2 aromatic carbocycles. The van der Waals surface area contributed by atoms with Gasteiger partial charge in [0.1, 0.15) is 11.5 Å². The van der Waals surface area contributed by atoms with E-state index in [1.165, 1.54) is 0 Å². The number of aliphatic imine (C=N–C) groups is 1. The molecule has 0 saturated carbocycles. The van der Waals surface area contributed by atoms with Crippen LogP contribution >= 0.6 is 0 Å². The van der Waals surface area contributed by atoms with Crippen molar-refractivity contribution in [2.75, 3.05) is 13.7 Å². The first-order chi connectivity index (χ1) is 11.7. The number of benzene rings is 2. The van der Waals surface area contributed by atoms with Crippen LogP contribution in [0.25, 0.3) is 6.08 Å². The summed E-state index contributed by atoms with van der Waals surface area (Å²) in [6.07, 6.45) is 1.67. The second-order valence-corrected chi connectivity index (χ2v) is 5.07. The number of hydrogen-bond acceptors (Lipinski definition) is 5. The van der Waals surface area contributed by atoms with Gasteiger partial charge in [-0.25, -0.2) is 9.79 Å². The van der Waals surface area contributed by atoms with E-state index in [1.807, 2.05) is 55.5 Å². The smallest absolute Gasteiger partial charge is 0.363 e. The van der Waals surface area contributed by atoms with Crippen LogP contribution in [0.5, 0.6) is 11.5 Å². The molecule has 2 aromatic rings. The van der Waals surface area contributed by atoms with E-state index in [9.17, 15) is 4.79 Å². The number of nitrogens with zero attached hydrogens (tertiary/aromatic N) is 1. The number of rotatable bonds is 5. The summed E-state index contributed by atoms with van der Waals surface area (Å²) >= 11 is 0. The van der Waals surface area contributed by atoms with Crippen molar-refractivity contribution in [2.45, 2.75) is 6.92 Å². The summed E-state index contributed by atoms with van der Waals surface area (Å²) in [4.78, 5) is 16.3. The van der Waals surface area contributed by atoms with Gasteiger partial charge in [-0.05, 0) is 55.0 Å². The van der Waals surface area contributed by atoms with Crippen LogP contribution in [0.3, 0.4) is 0 Å². The Labute approximate surface area is 140 Å². The lowest BCUT2D eigenvalue weighted by Crippen LogP contribution is -2.05. The molecule has 3 rings (SSSR count). The Hall–Kier alpha value is -3.08. The maximum atomic E-state index is 12.0. The SMILES string of the molecule is CCOc1ccc(C2=N/C(=C\c3cccc(OC)c3)C(=O)O2)cc1. The maximum Gasteiger partial charge on any atom is 0.363 e. The van der Waals surface area contributed by atoms with E-state index in [0.29, 0.717) is 12.4 Å². The molecule has 0 aliphatic carbocycles. The van der Waals surface area contributed by atoms with Crippen molar-refractivity contribution in [3.8, 4) is 11.5 Å². The van der Waals surface area contributed by atoms with E-state index in [-0.39, 0.29) is 11.6 Å². The third-order valence-electron chi connectivity index (χ3n) is 3.43. The molecule has 0 amide bonds. The summed E-state index contributed by atoms with van der Waals surface area (Å²) < 4.78 is 15.8. The van der Waals surface area contributed by atoms with Crippen LogP contribution in [0.15, 0.2) is 59.2 Å². The standard InChI is InChI=1S/C19H17NO4/c1-3-23-15-9-7-14(8-10-15)18-20-17(19(21)24-18)12-13-5-4-6-16(11-13)22-2/h4-12H,3H2,1-2H3/b17-12-. The van der Waals surface area contributed by atoms with Crippen LogP contribution in [0.1, 0.15) is 18.1 Å². The number of carbonyl (C=O) groups is 1. The van der Waals surface area contributed by atoms with Crippen LogP contribution in [0.4, 0.5) is 0 Å². The Morgan fingerprint density at radius 1 is 1.12 bits per heavy atom. The van der Waals surface area contributed by atoms with Crippen LogP contribution < -0.4 is 9.47 Å². The highest BCUT2D eigenvalue weighted by Crippen LogP contribution is 2.22. The Balaban J connectivity index is 1.85. The molecule has 0 N–H and O–H groups in total. The average Bonchev–Trinajstić information content (AvgIpc) is 2.97. The first kappa shape index (κ1) is 15.8. The van der Waals surface area contributed by atoms with E-state index < -0.39 is 5.97 Å². The molecule has 0 fully saturated rings. The van der Waals surface area contributed by atoms with Crippen molar-refractivity contribution in [3.05, 3.63) is 65.4 Å². The first-order valence-electron chi connectivity index (χ1n) is 7.59. The topological polar surface area (TPSA) is 57.1 Å². The molecule has 5 heteroatoms. The normalized spacial score (nSPS) is 15.2. The molecule has 0 spiro atoms. The van der Waals surface area contributed by atoms with Crippen LogP contribution in [0, 0.1) is 0 Å². The number of ether oxygens (including phenoxy) is 3. The summed E-state index contributed by atoms with van der Waals surface area (Å²) in [5.41, 5.74) is 1.80. The molecule has 0 radical (unpaired) electrons. The van der Waals surface area contributed by atoms with E-state index in [4.69, 9.17) is 14.2 Å². The van der Waals surface area contributed by atoms with Crippen molar-refractivity contribution in [1.29, 1.82) is 0 Å². The molecule has 1 aliphatic heterocycles. The summed E-state index contributed by atoms with van der Waals surface area (Å²) in [6, 6.07) is 14.6. The lowest BCUT2D eigenvalue weighted by molar-refractivity contribution is -0.129. The number of cyclic esters (lactones) is 1. The fourth-order valence-corrected chi connectivity index (χ4v) is 2.28. The maximum absolute atomic E-state index is 12.0. The highest BCUT2D eigenvalue weighted by molar-refractivity contribution is 6.12. The van der Waals surface area contributed by atoms with Gasteiger partial charge < -0.3 is 14.2 Å². The molecule has 5 nitrogen and oxygen atoms in total. The van der Waals surface area contributed by atoms with Gasteiger partial charge in [0.15, 0.2) is 5.70 Å². The van der Waals surface area contributed by atoms with Crippen LogP contribution in [-0.2, 0) is 9.53 Å². The Morgan fingerprint density at radius 3 is 2.62 bits per heavy atom. The molecule has 0 aromatic heterocycles. The van der Waals surface area contributed by atoms with E-state index >= 15 is 0 Å². The van der Waals surface area contributed by atoms with Gasteiger partial charge >= 0.3 is 5.97 Å². The van der Waals surface area contributed by atoms with Crippen molar-refractivity contribution >= 4 is 17.9 Å². The quantitative estimate of drug-likeness (QED) is 0.625. The minimum atomic E-state index is -0.471. The third kappa shape index (κ3) is 3.46. The zero-order valence-electron chi connectivity index (χ0n) is 13.5. The monoisotopic (exact) mass is 323 g/mol. The van der Waals surface area contributed by atoms with Crippen molar-refractivity contribution in [3.63, 3.8) is 0 Å². The summed E-state index contributed by atoms with van der Waals surface area (Å²) in [5.74, 6) is 1.30. The predicted molar refractivity (Wildman–Crippen MR) is 91.2 cm³/mol. The zero-order valence-corrected chi connectivity index (χ0v) is 13.5. The van der Waals surface area contributed by atoms with Crippen molar-refractivity contribution in [2.24, 2.45) is 4.99 Å². The van der Waals surface area contributed by atoms with Gasteiger partial charge in [-0.15, -0.1) is 0 Å². The second kappa shape index (κ2) is 7.00. The molecule has 24 heavy (non-hydrogen) atoms. The molecule has 1 aliphatic rings. The third-order valence-corrected chi connectivity index (χ3v) is 3.43. The van der Waals surface area contributed by atoms with Crippen LogP contribution in [-0.4, -0.2) is 25.6 Å². The lowest BCUT2D eigenvalue weighted by Gasteiger charge is -2.03. The molecule has 0 saturated heterocycles. The molecule has 1 heterocycles. The van der Waals surface area contributed by atoms with Gasteiger partial charge in [0.05, 0.1) is 13.7 Å². The number of methoxy groups -OCH3 is 1. The molecule has 0 atom stereocenters. The Kier molecular flexibility index (Phi) is 4.61. The van der Waals surface area contributed by atoms with Gasteiger partial charge in [-0.2, -0.15) is 0 Å². The van der Waals surface area contributed by atoms with Gasteiger partial charge in [0.25, 0.3) is 0 Å². The van der Waals surface area contributed by atoms with Gasteiger partial charge in [-0.1, -0.05) is 12.1 Å². The number of carbonyl (C=O) groups excluding carboxylic acids is 1. The molecule has 122 valence electrons. The minimum Gasteiger partial charge on any atom is -0.497 e. The van der Waals surface area contributed by atoms with E-state index in [2.05, 4.69) is 4.99 Å². The minimum absolute atomic E-state index is 0.257. The summed E-state index contributed by atoms with van der Waals surface area (Å²) in [7, 11) is 1.60. The molecule has 0 bridgehead atoms. The van der Waals surface area contributed by atoms with Crippen molar-refractivity contribution in [1.82, 2.24) is 0 Å². The Morgan fingerprint density at radius 2 is 1.92 bits per heavy atom. The average molecular weight is 323 g/mol. The molecular weight excluding hydrogens is 306 g/mol. The fourth-order valence-electron chi connectivity index (χ4n) is 2.28. The van der Waals surface area contributed by atoms with Gasteiger partial charge in [0.2, 0.25) is 5.90 Å². The lowest BCUT2D eigenvalue weighted by atomic mass is 10.2. The van der Waals surface area contributed by atoms with Crippen molar-refractivity contribution < 1.29 is 19.0 Å². The predicted octanol–water partition coefficient (Wildman–Crippen LogP) is 3.44. The van der Waals surface area contributed by atoms with E-state index in [0.717, 1.165) is 16.9 Å². The number of hydrogen-bond donors (Lipinski definition) is 0. The number of esters is 1. The highest BCUT2D eigenvalue weighted by atomic mass is 16.6. The largest absolute Gasteiger partial charge is 0.497 e. The van der Waals surface area contributed by atoms with Gasteiger partial charge in [-0.3, -0.25) is 0 Å². The second-order valence-electron chi connectivity index (χ2n) is 5.07. The molecular formula is C19H17NO4. The highest BCUT2D eigenvalue weighted by Gasteiger charge is 2.24. The fraction of sp³-hybridized carbons (Fsp3) is 0.158.